The lowest BCUT2D eigenvalue weighted by molar-refractivity contribution is 0.0481. The largest absolute Gasteiger partial charge is 0.296 e. The molecule has 0 N–H and O–H groups in total. The van der Waals surface area contributed by atoms with Gasteiger partial charge in [-0.3, -0.25) is 4.90 Å². The molecule has 0 spiro atoms. The van der Waals surface area contributed by atoms with Crippen LogP contribution in [0.3, 0.4) is 0 Å². The molecule has 1 aromatic rings. The number of rotatable bonds is 3. The molecule has 1 atom stereocenters. The molecule has 1 fully saturated rings. The number of likely N-dealkylation sites (tertiary alicyclic amines) is 1. The van der Waals surface area contributed by atoms with E-state index < -0.39 is 11.6 Å². The third-order valence-electron chi connectivity index (χ3n) is 3.32. The van der Waals surface area contributed by atoms with Gasteiger partial charge in [-0.1, -0.05) is 19.9 Å². The summed E-state index contributed by atoms with van der Waals surface area (Å²) in [6, 6.07) is 4.75. The Bertz CT molecular complexity index is 376. The topological polar surface area (TPSA) is 3.24 Å². The van der Waals surface area contributed by atoms with E-state index in [2.05, 4.69) is 18.7 Å². The third-order valence-corrected chi connectivity index (χ3v) is 3.32. The molecule has 16 heavy (non-hydrogen) atoms. The molecule has 1 saturated heterocycles. The summed E-state index contributed by atoms with van der Waals surface area (Å²) in [4.78, 5) is 2.32. The predicted octanol–water partition coefficient (Wildman–Crippen LogP) is 3.20. The molecule has 3 heteroatoms. The van der Waals surface area contributed by atoms with Crippen molar-refractivity contribution in [3.63, 3.8) is 0 Å². The highest BCUT2D eigenvalue weighted by Gasteiger charge is 2.30. The summed E-state index contributed by atoms with van der Waals surface area (Å²) in [5.74, 6) is -0.897. The minimum absolute atomic E-state index is 0.591. The zero-order valence-electron chi connectivity index (χ0n) is 9.71. The van der Waals surface area contributed by atoms with Gasteiger partial charge in [0.15, 0.2) is 11.6 Å². The third kappa shape index (κ3) is 2.24. The first-order valence-electron chi connectivity index (χ1n) is 5.76. The zero-order valence-corrected chi connectivity index (χ0v) is 9.71. The molecule has 1 unspecified atom stereocenters. The molecule has 1 heterocycles. The molecule has 0 aliphatic carbocycles. The van der Waals surface area contributed by atoms with Crippen LogP contribution >= 0.6 is 0 Å². The monoisotopic (exact) mass is 225 g/mol. The van der Waals surface area contributed by atoms with Crippen molar-refractivity contribution in [1.82, 2.24) is 4.90 Å². The van der Waals surface area contributed by atoms with Crippen LogP contribution in [0.4, 0.5) is 8.78 Å². The van der Waals surface area contributed by atoms with E-state index in [4.69, 9.17) is 0 Å². The van der Waals surface area contributed by atoms with Gasteiger partial charge in [-0.05, 0) is 30.0 Å². The second-order valence-electron chi connectivity index (χ2n) is 4.82. The Balaban J connectivity index is 2.01. The van der Waals surface area contributed by atoms with Crippen molar-refractivity contribution in [2.45, 2.75) is 32.9 Å². The molecule has 0 aromatic heterocycles. The average Bonchev–Trinajstić information content (AvgIpc) is 2.17. The summed E-state index contributed by atoms with van der Waals surface area (Å²) in [6.45, 7) is 6.17. The SMILES string of the molecule is CC(C)C1CCN1Cc1ccc(F)c(F)c1. The van der Waals surface area contributed by atoms with Gasteiger partial charge in [0.1, 0.15) is 0 Å². The van der Waals surface area contributed by atoms with Gasteiger partial charge >= 0.3 is 0 Å². The Labute approximate surface area is 95.1 Å². The van der Waals surface area contributed by atoms with Crippen molar-refractivity contribution in [3.8, 4) is 0 Å². The van der Waals surface area contributed by atoms with Crippen molar-refractivity contribution in [2.75, 3.05) is 6.54 Å². The maximum Gasteiger partial charge on any atom is 0.159 e. The summed E-state index contributed by atoms with van der Waals surface area (Å²) < 4.78 is 25.8. The molecule has 1 aromatic carbocycles. The molecule has 0 saturated carbocycles. The van der Waals surface area contributed by atoms with Crippen LogP contribution in [0.15, 0.2) is 18.2 Å². The first-order valence-corrected chi connectivity index (χ1v) is 5.76. The number of hydrogen-bond donors (Lipinski definition) is 0. The van der Waals surface area contributed by atoms with E-state index in [-0.39, 0.29) is 0 Å². The minimum atomic E-state index is -0.771. The van der Waals surface area contributed by atoms with Crippen LogP contribution < -0.4 is 0 Å². The first-order chi connectivity index (χ1) is 7.58. The van der Waals surface area contributed by atoms with Gasteiger partial charge in [-0.2, -0.15) is 0 Å². The van der Waals surface area contributed by atoms with Crippen LogP contribution in [-0.4, -0.2) is 17.5 Å². The molecule has 2 rings (SSSR count). The van der Waals surface area contributed by atoms with E-state index in [1.807, 2.05) is 0 Å². The maximum absolute atomic E-state index is 13.0. The second kappa shape index (κ2) is 4.50. The Morgan fingerprint density at radius 1 is 1.31 bits per heavy atom. The van der Waals surface area contributed by atoms with E-state index in [1.165, 1.54) is 18.6 Å². The van der Waals surface area contributed by atoms with Crippen molar-refractivity contribution in [1.29, 1.82) is 0 Å². The Morgan fingerprint density at radius 3 is 2.56 bits per heavy atom. The maximum atomic E-state index is 13.0. The van der Waals surface area contributed by atoms with Crippen molar-refractivity contribution >= 4 is 0 Å². The van der Waals surface area contributed by atoms with Crippen LogP contribution in [-0.2, 0) is 6.54 Å². The highest BCUT2D eigenvalue weighted by Crippen LogP contribution is 2.26. The summed E-state index contributed by atoms with van der Waals surface area (Å²) in [6.07, 6.45) is 1.21. The molecule has 1 aliphatic rings. The van der Waals surface area contributed by atoms with Gasteiger partial charge in [0.2, 0.25) is 0 Å². The van der Waals surface area contributed by atoms with E-state index in [1.54, 1.807) is 6.07 Å². The highest BCUT2D eigenvalue weighted by molar-refractivity contribution is 5.18. The normalized spacial score (nSPS) is 21.2. The van der Waals surface area contributed by atoms with Gasteiger partial charge in [-0.15, -0.1) is 0 Å². The van der Waals surface area contributed by atoms with E-state index in [0.717, 1.165) is 18.7 Å². The van der Waals surface area contributed by atoms with Crippen molar-refractivity contribution in [2.24, 2.45) is 5.92 Å². The summed E-state index contributed by atoms with van der Waals surface area (Å²) in [5.41, 5.74) is 0.851. The number of benzene rings is 1. The molecule has 0 radical (unpaired) electrons. The lowest BCUT2D eigenvalue weighted by Crippen LogP contribution is -2.49. The highest BCUT2D eigenvalue weighted by atomic mass is 19.2. The molecule has 0 bridgehead atoms. The molecular weight excluding hydrogens is 208 g/mol. The average molecular weight is 225 g/mol. The fraction of sp³-hybridized carbons (Fsp3) is 0.538. The lowest BCUT2D eigenvalue weighted by Gasteiger charge is -2.43. The van der Waals surface area contributed by atoms with Crippen molar-refractivity contribution in [3.05, 3.63) is 35.4 Å². The first kappa shape index (κ1) is 11.5. The van der Waals surface area contributed by atoms with Gasteiger partial charge in [0.05, 0.1) is 0 Å². The summed E-state index contributed by atoms with van der Waals surface area (Å²) >= 11 is 0. The number of hydrogen-bond acceptors (Lipinski definition) is 1. The fourth-order valence-electron chi connectivity index (χ4n) is 2.28. The zero-order chi connectivity index (χ0) is 11.7. The Morgan fingerprint density at radius 2 is 2.06 bits per heavy atom. The Kier molecular flexibility index (Phi) is 3.24. The molecule has 1 nitrogen and oxygen atoms in total. The van der Waals surface area contributed by atoms with Crippen LogP contribution in [0.1, 0.15) is 25.8 Å². The van der Waals surface area contributed by atoms with Crippen LogP contribution in [0.2, 0.25) is 0 Å². The minimum Gasteiger partial charge on any atom is -0.296 e. The van der Waals surface area contributed by atoms with Crippen LogP contribution in [0, 0.1) is 17.6 Å². The lowest BCUT2D eigenvalue weighted by atomic mass is 9.91. The van der Waals surface area contributed by atoms with E-state index >= 15 is 0 Å². The second-order valence-corrected chi connectivity index (χ2v) is 4.82. The predicted molar refractivity (Wildman–Crippen MR) is 60.0 cm³/mol. The van der Waals surface area contributed by atoms with E-state index in [0.29, 0.717) is 12.0 Å². The fourth-order valence-corrected chi connectivity index (χ4v) is 2.28. The van der Waals surface area contributed by atoms with Gasteiger partial charge in [0, 0.05) is 19.1 Å². The molecule has 88 valence electrons. The number of nitrogens with zero attached hydrogens (tertiary/aromatic N) is 1. The van der Waals surface area contributed by atoms with Crippen molar-refractivity contribution < 1.29 is 8.78 Å². The Hall–Kier alpha value is -0.960. The molecule has 1 aliphatic heterocycles. The standard InChI is InChI=1S/C13H17F2N/c1-9(2)13-5-6-16(13)8-10-3-4-11(14)12(15)7-10/h3-4,7,9,13H,5-6,8H2,1-2H3. The van der Waals surface area contributed by atoms with Gasteiger partial charge < -0.3 is 0 Å². The quantitative estimate of drug-likeness (QED) is 0.763. The van der Waals surface area contributed by atoms with Crippen LogP contribution in [0.25, 0.3) is 0 Å². The molecular formula is C13H17F2N. The molecule has 0 amide bonds. The van der Waals surface area contributed by atoms with E-state index in [9.17, 15) is 8.78 Å². The van der Waals surface area contributed by atoms with Gasteiger partial charge in [-0.25, -0.2) is 8.78 Å². The van der Waals surface area contributed by atoms with Crippen LogP contribution in [0.5, 0.6) is 0 Å². The number of halogens is 2. The smallest absolute Gasteiger partial charge is 0.159 e. The van der Waals surface area contributed by atoms with Gasteiger partial charge in [0.25, 0.3) is 0 Å². The summed E-state index contributed by atoms with van der Waals surface area (Å²) in [7, 11) is 0. The summed E-state index contributed by atoms with van der Waals surface area (Å²) in [5, 5.41) is 0.